The van der Waals surface area contributed by atoms with Gasteiger partial charge in [0.25, 0.3) is 0 Å². The molecule has 6 nitrogen and oxygen atoms in total. The van der Waals surface area contributed by atoms with Crippen molar-refractivity contribution in [3.8, 4) is 0 Å². The monoisotopic (exact) mass is 572 g/mol. The summed E-state index contributed by atoms with van der Waals surface area (Å²) in [5.41, 5.74) is -2.29. The highest BCUT2D eigenvalue weighted by atomic mass is 32.2. The summed E-state index contributed by atoms with van der Waals surface area (Å²) in [5, 5.41) is 3.62. The van der Waals surface area contributed by atoms with Gasteiger partial charge in [0.1, 0.15) is 12.8 Å². The van der Waals surface area contributed by atoms with Crippen LogP contribution in [-0.4, -0.2) is 44.2 Å². The summed E-state index contributed by atoms with van der Waals surface area (Å²) in [5.74, 6) is 0. The number of rotatable bonds is 8. The normalized spacial score (nSPS) is 21.8. The zero-order valence-corrected chi connectivity index (χ0v) is 22.7. The average Bonchev–Trinajstić information content (AvgIpc) is 3.20. The van der Waals surface area contributed by atoms with Crippen molar-refractivity contribution in [1.29, 1.82) is 0 Å². The molecule has 208 valence electrons. The van der Waals surface area contributed by atoms with Crippen molar-refractivity contribution in [2.75, 3.05) is 13.2 Å². The van der Waals surface area contributed by atoms with Crippen LogP contribution in [0.15, 0.2) is 35.2 Å². The number of nitrogens with zero attached hydrogens (tertiary/aromatic N) is 2. The summed E-state index contributed by atoms with van der Waals surface area (Å²) in [6, 6.07) is 5.02. The maximum Gasteiger partial charge on any atom is 0.435 e. The van der Waals surface area contributed by atoms with E-state index in [9.17, 15) is 34.8 Å². The average molecular weight is 573 g/mol. The zero-order valence-electron chi connectivity index (χ0n) is 20.9. The highest BCUT2D eigenvalue weighted by Gasteiger charge is 2.47. The topological polar surface area (TPSA) is 70.4 Å². The molecule has 1 saturated heterocycles. The van der Waals surface area contributed by atoms with Crippen LogP contribution in [0.5, 0.6) is 0 Å². The van der Waals surface area contributed by atoms with Crippen LogP contribution in [0.25, 0.3) is 0 Å². The van der Waals surface area contributed by atoms with Crippen LogP contribution in [-0.2, 0) is 38.4 Å². The molecule has 0 N–H and O–H groups in total. The van der Waals surface area contributed by atoms with Crippen molar-refractivity contribution in [2.24, 2.45) is 0 Å². The van der Waals surface area contributed by atoms with Gasteiger partial charge < -0.3 is 9.47 Å². The van der Waals surface area contributed by atoms with Crippen LogP contribution in [0, 0.1) is 0 Å². The summed E-state index contributed by atoms with van der Waals surface area (Å²) in [7, 11) is -5.77. The summed E-state index contributed by atoms with van der Waals surface area (Å²) < 4.78 is 118. The molecule has 2 atom stereocenters. The Kier molecular flexibility index (Phi) is 8.29. The molecule has 2 aromatic rings. The van der Waals surface area contributed by atoms with Crippen LogP contribution in [0.4, 0.5) is 26.3 Å². The van der Waals surface area contributed by atoms with Gasteiger partial charge in [0.2, 0.25) is 0 Å². The van der Waals surface area contributed by atoms with E-state index < -0.39 is 57.3 Å². The van der Waals surface area contributed by atoms with Crippen LogP contribution in [0.2, 0.25) is 25.7 Å². The summed E-state index contributed by atoms with van der Waals surface area (Å²) in [4.78, 5) is -0.510. The van der Waals surface area contributed by atoms with Gasteiger partial charge >= 0.3 is 12.4 Å². The standard InChI is InChI=1S/C23H30F6N2O4SSi/c1-21(36(32,33)17-7-5-6-16(12-17)22(24,25)26)8-9-35-19(14-21)18-13-20(23(27,28)29)30-31(18)15-34-10-11-37(2,3)4/h5-7,12-13,19H,8-11,14-15H2,1-4H3. The molecular weight excluding hydrogens is 542 g/mol. The first-order chi connectivity index (χ1) is 16.8. The molecule has 1 aromatic carbocycles. The summed E-state index contributed by atoms with van der Waals surface area (Å²) in [6.07, 6.45) is -10.9. The van der Waals surface area contributed by atoms with Crippen LogP contribution < -0.4 is 0 Å². The molecule has 1 aromatic heterocycles. The lowest BCUT2D eigenvalue weighted by Gasteiger charge is -2.37. The Bertz CT molecular complexity index is 1210. The third kappa shape index (κ3) is 6.95. The van der Waals surface area contributed by atoms with E-state index in [1.807, 2.05) is 0 Å². The van der Waals surface area contributed by atoms with Gasteiger partial charge in [-0.15, -0.1) is 0 Å². The second kappa shape index (κ2) is 10.3. The molecule has 0 bridgehead atoms. The number of halogens is 6. The fourth-order valence-electron chi connectivity index (χ4n) is 3.99. The van der Waals surface area contributed by atoms with Gasteiger partial charge in [-0.1, -0.05) is 25.7 Å². The Hall–Kier alpha value is -1.90. The Balaban J connectivity index is 1.91. The molecule has 3 rings (SSSR count). The second-order valence-electron chi connectivity index (χ2n) is 10.6. The lowest BCUT2D eigenvalue weighted by molar-refractivity contribution is -0.141. The summed E-state index contributed by atoms with van der Waals surface area (Å²) in [6.45, 7) is 7.66. The van der Waals surface area contributed by atoms with E-state index in [0.717, 1.165) is 35.0 Å². The molecule has 14 heteroatoms. The minimum Gasteiger partial charge on any atom is -0.372 e. The SMILES string of the molecule is CC1(S(=O)(=O)c2cccc(C(F)(F)F)c2)CCOC(c2cc(C(F)(F)F)nn2COCC[Si](C)(C)C)C1. The van der Waals surface area contributed by atoms with E-state index in [4.69, 9.17) is 9.47 Å². The number of benzene rings is 1. The predicted molar refractivity (Wildman–Crippen MR) is 126 cm³/mol. The molecule has 1 aliphatic heterocycles. The smallest absolute Gasteiger partial charge is 0.372 e. The minimum absolute atomic E-state index is 0.00880. The van der Waals surface area contributed by atoms with Gasteiger partial charge in [0.05, 0.1) is 20.9 Å². The molecule has 2 unspecified atom stereocenters. The lowest BCUT2D eigenvalue weighted by atomic mass is 9.94. The first-order valence-corrected chi connectivity index (χ1v) is 16.8. The van der Waals surface area contributed by atoms with Gasteiger partial charge in [0, 0.05) is 21.3 Å². The molecule has 2 heterocycles. The number of hydrogen-bond acceptors (Lipinski definition) is 5. The molecule has 0 aliphatic carbocycles. The van der Waals surface area contributed by atoms with Gasteiger partial charge in [-0.2, -0.15) is 31.4 Å². The molecule has 0 spiro atoms. The van der Waals surface area contributed by atoms with Crippen LogP contribution in [0.3, 0.4) is 0 Å². The maximum atomic E-state index is 13.5. The van der Waals surface area contributed by atoms with Crippen molar-refractivity contribution < 1.29 is 44.2 Å². The maximum absolute atomic E-state index is 13.5. The fraction of sp³-hybridized carbons (Fsp3) is 0.609. The van der Waals surface area contributed by atoms with Crippen molar-refractivity contribution >= 4 is 17.9 Å². The van der Waals surface area contributed by atoms with Crippen molar-refractivity contribution in [3.05, 3.63) is 47.3 Å². The van der Waals surface area contributed by atoms with E-state index in [-0.39, 0.29) is 31.9 Å². The molecule has 0 radical (unpaired) electrons. The van der Waals surface area contributed by atoms with Gasteiger partial charge in [-0.25, -0.2) is 13.1 Å². The third-order valence-electron chi connectivity index (χ3n) is 6.33. The van der Waals surface area contributed by atoms with Crippen molar-refractivity contribution in [1.82, 2.24) is 9.78 Å². The molecule has 0 amide bonds. The first-order valence-electron chi connectivity index (χ1n) is 11.6. The largest absolute Gasteiger partial charge is 0.435 e. The number of hydrogen-bond donors (Lipinski definition) is 0. The first kappa shape index (κ1) is 29.6. The highest BCUT2D eigenvalue weighted by molar-refractivity contribution is 7.92. The van der Waals surface area contributed by atoms with E-state index in [0.29, 0.717) is 12.7 Å². The van der Waals surface area contributed by atoms with Crippen molar-refractivity contribution in [2.45, 2.75) is 80.3 Å². The van der Waals surface area contributed by atoms with Crippen molar-refractivity contribution in [3.63, 3.8) is 0 Å². The Morgan fingerprint density at radius 1 is 1.14 bits per heavy atom. The fourth-order valence-corrected chi connectivity index (χ4v) is 6.58. The lowest BCUT2D eigenvalue weighted by Crippen LogP contribution is -2.42. The Morgan fingerprint density at radius 3 is 2.41 bits per heavy atom. The van der Waals surface area contributed by atoms with Gasteiger partial charge in [0.15, 0.2) is 15.5 Å². The van der Waals surface area contributed by atoms with E-state index in [1.165, 1.54) is 6.92 Å². The zero-order chi connectivity index (χ0) is 27.9. The quantitative estimate of drug-likeness (QED) is 0.210. The third-order valence-corrected chi connectivity index (χ3v) is 10.6. The second-order valence-corrected chi connectivity index (χ2v) is 18.7. The number of sulfone groups is 1. The summed E-state index contributed by atoms with van der Waals surface area (Å²) >= 11 is 0. The molecule has 37 heavy (non-hydrogen) atoms. The predicted octanol–water partition coefficient (Wildman–Crippen LogP) is 6.32. The number of alkyl halides is 6. The molecule has 1 fully saturated rings. The van der Waals surface area contributed by atoms with E-state index in [2.05, 4.69) is 24.7 Å². The highest BCUT2D eigenvalue weighted by Crippen LogP contribution is 2.43. The molecule has 0 saturated carbocycles. The van der Waals surface area contributed by atoms with Gasteiger partial charge in [-0.3, -0.25) is 0 Å². The van der Waals surface area contributed by atoms with Crippen LogP contribution >= 0.6 is 0 Å². The molecule has 1 aliphatic rings. The Labute approximate surface area is 212 Å². The van der Waals surface area contributed by atoms with Gasteiger partial charge in [-0.05, 0) is 50.1 Å². The number of ether oxygens (including phenoxy) is 2. The van der Waals surface area contributed by atoms with E-state index >= 15 is 0 Å². The minimum atomic E-state index is -4.75. The van der Waals surface area contributed by atoms with Crippen LogP contribution in [0.1, 0.15) is 42.8 Å². The Morgan fingerprint density at radius 2 is 1.81 bits per heavy atom. The molecular formula is C23H30F6N2O4SSi. The van der Waals surface area contributed by atoms with E-state index in [1.54, 1.807) is 0 Å². The number of aromatic nitrogens is 2.